The molecule has 0 fully saturated rings. The molecule has 0 unspecified atom stereocenters. The molecule has 0 radical (unpaired) electrons. The lowest BCUT2D eigenvalue weighted by Gasteiger charge is -2.22. The van der Waals surface area contributed by atoms with E-state index in [9.17, 15) is 10.1 Å². The van der Waals surface area contributed by atoms with Crippen LogP contribution in [0.2, 0.25) is 0 Å². The third-order valence-corrected chi connectivity index (χ3v) is 3.29. The number of hydrogen-bond donors (Lipinski definition) is 0. The van der Waals surface area contributed by atoms with Gasteiger partial charge < -0.3 is 4.74 Å². The average molecular weight is 285 g/mol. The summed E-state index contributed by atoms with van der Waals surface area (Å²) in [5, 5.41) is 10.8. The van der Waals surface area contributed by atoms with Crippen LogP contribution >= 0.6 is 0 Å². The second-order valence-corrected chi connectivity index (χ2v) is 6.05. The fourth-order valence-electron chi connectivity index (χ4n) is 2.20. The molecule has 0 amide bonds. The van der Waals surface area contributed by atoms with Crippen molar-refractivity contribution in [2.45, 2.75) is 33.1 Å². The number of ether oxygens (including phenoxy) is 1. The first kappa shape index (κ1) is 15.0. The van der Waals surface area contributed by atoms with Gasteiger partial charge in [-0.25, -0.2) is 0 Å². The first-order valence-electron chi connectivity index (χ1n) is 6.81. The van der Waals surface area contributed by atoms with E-state index in [-0.39, 0.29) is 16.0 Å². The minimum atomic E-state index is -0.387. The molecule has 0 saturated carbocycles. The van der Waals surface area contributed by atoms with Crippen molar-refractivity contribution in [3.63, 3.8) is 0 Å². The highest BCUT2D eigenvalue weighted by atomic mass is 16.6. The summed E-state index contributed by atoms with van der Waals surface area (Å²) in [4.78, 5) is 10.5. The summed E-state index contributed by atoms with van der Waals surface area (Å²) in [5.41, 5.74) is 1.75. The largest absolute Gasteiger partial charge is 0.457 e. The minimum absolute atomic E-state index is 0.0353. The average Bonchev–Trinajstić information content (AvgIpc) is 2.37. The van der Waals surface area contributed by atoms with E-state index in [2.05, 4.69) is 20.8 Å². The molecule has 0 bridgehead atoms. The number of nitro benzene ring substituents is 1. The molecule has 2 rings (SSSR count). The van der Waals surface area contributed by atoms with Gasteiger partial charge >= 0.3 is 0 Å². The lowest BCUT2D eigenvalue weighted by Crippen LogP contribution is -2.12. The smallest absolute Gasteiger partial charge is 0.272 e. The summed E-state index contributed by atoms with van der Waals surface area (Å²) in [7, 11) is 0. The predicted octanol–water partition coefficient (Wildman–Crippen LogP) is 4.99. The topological polar surface area (TPSA) is 52.4 Å². The monoisotopic (exact) mass is 285 g/mol. The fourth-order valence-corrected chi connectivity index (χ4v) is 2.20. The Bertz CT molecular complexity index is 672. The maximum Gasteiger partial charge on any atom is 0.272 e. The number of hydrogen-bond acceptors (Lipinski definition) is 3. The van der Waals surface area contributed by atoms with Crippen LogP contribution in [0, 0.1) is 17.0 Å². The molecule has 0 atom stereocenters. The van der Waals surface area contributed by atoms with E-state index < -0.39 is 0 Å². The Morgan fingerprint density at radius 2 is 1.76 bits per heavy atom. The van der Waals surface area contributed by atoms with Crippen molar-refractivity contribution in [3.8, 4) is 11.5 Å². The Kier molecular flexibility index (Phi) is 3.98. The number of nitro groups is 1. The zero-order valence-electron chi connectivity index (χ0n) is 12.7. The first-order valence-corrected chi connectivity index (χ1v) is 6.81. The van der Waals surface area contributed by atoms with Crippen molar-refractivity contribution in [2.75, 3.05) is 0 Å². The Morgan fingerprint density at radius 1 is 1.10 bits per heavy atom. The highest BCUT2D eigenvalue weighted by Crippen LogP contribution is 2.34. The van der Waals surface area contributed by atoms with Crippen molar-refractivity contribution >= 4 is 5.69 Å². The van der Waals surface area contributed by atoms with Gasteiger partial charge in [-0.2, -0.15) is 0 Å². The maximum absolute atomic E-state index is 10.8. The Hall–Kier alpha value is -2.36. The highest BCUT2D eigenvalue weighted by Gasteiger charge is 2.19. The van der Waals surface area contributed by atoms with Crippen LogP contribution in [0.1, 0.15) is 31.9 Å². The Morgan fingerprint density at radius 3 is 2.33 bits per heavy atom. The van der Waals surface area contributed by atoms with E-state index in [4.69, 9.17) is 4.74 Å². The maximum atomic E-state index is 10.8. The molecule has 0 heterocycles. The van der Waals surface area contributed by atoms with Crippen LogP contribution in [0.25, 0.3) is 0 Å². The molecule has 110 valence electrons. The third-order valence-electron chi connectivity index (χ3n) is 3.29. The van der Waals surface area contributed by atoms with E-state index >= 15 is 0 Å². The highest BCUT2D eigenvalue weighted by molar-refractivity contribution is 5.47. The van der Waals surface area contributed by atoms with Crippen LogP contribution in [0.4, 0.5) is 5.69 Å². The minimum Gasteiger partial charge on any atom is -0.457 e. The quantitative estimate of drug-likeness (QED) is 0.589. The summed E-state index contributed by atoms with van der Waals surface area (Å²) in [6.45, 7) is 8.07. The molecule has 2 aromatic carbocycles. The normalized spacial score (nSPS) is 11.2. The lowest BCUT2D eigenvalue weighted by atomic mass is 9.86. The number of aryl methyl sites for hydroxylation is 1. The van der Waals surface area contributed by atoms with Gasteiger partial charge in [0.1, 0.15) is 11.5 Å². The van der Waals surface area contributed by atoms with Crippen molar-refractivity contribution < 1.29 is 9.66 Å². The number of nitrogens with zero attached hydrogens (tertiary/aromatic N) is 1. The number of rotatable bonds is 3. The summed E-state index contributed by atoms with van der Waals surface area (Å²) in [5.74, 6) is 1.38. The van der Waals surface area contributed by atoms with Crippen molar-refractivity contribution in [1.29, 1.82) is 0 Å². The van der Waals surface area contributed by atoms with Gasteiger partial charge in [-0.05, 0) is 30.5 Å². The molecule has 4 nitrogen and oxygen atoms in total. The van der Waals surface area contributed by atoms with Gasteiger partial charge in [-0.15, -0.1) is 0 Å². The standard InChI is InChI=1S/C17H19NO3/c1-12-11-13(9-10-15(12)18(19)20)21-16-8-6-5-7-14(16)17(2,3)4/h5-11H,1-4H3. The van der Waals surface area contributed by atoms with E-state index in [1.807, 2.05) is 24.3 Å². The third kappa shape index (κ3) is 3.40. The fraction of sp³-hybridized carbons (Fsp3) is 0.294. The Labute approximate surface area is 124 Å². The second-order valence-electron chi connectivity index (χ2n) is 6.05. The van der Waals surface area contributed by atoms with E-state index in [0.717, 1.165) is 11.3 Å². The lowest BCUT2D eigenvalue weighted by molar-refractivity contribution is -0.385. The molecule has 0 N–H and O–H groups in total. The van der Waals surface area contributed by atoms with Gasteiger partial charge in [0, 0.05) is 17.2 Å². The number of para-hydroxylation sites is 1. The molecular formula is C17H19NO3. The van der Waals surface area contributed by atoms with E-state index in [1.54, 1.807) is 19.1 Å². The molecule has 0 aliphatic rings. The summed E-state index contributed by atoms with van der Waals surface area (Å²) < 4.78 is 5.93. The van der Waals surface area contributed by atoms with Gasteiger partial charge in [0.05, 0.1) is 4.92 Å². The molecule has 0 aliphatic carbocycles. The van der Waals surface area contributed by atoms with Gasteiger partial charge in [0.25, 0.3) is 5.69 Å². The van der Waals surface area contributed by atoms with Crippen LogP contribution in [-0.4, -0.2) is 4.92 Å². The SMILES string of the molecule is Cc1cc(Oc2ccccc2C(C)(C)C)ccc1[N+](=O)[O-]. The molecule has 0 aliphatic heterocycles. The summed E-state index contributed by atoms with van der Waals surface area (Å²) in [6, 6.07) is 12.6. The number of benzene rings is 2. The molecule has 0 saturated heterocycles. The first-order chi connectivity index (χ1) is 9.79. The van der Waals surface area contributed by atoms with Crippen LogP contribution in [0.5, 0.6) is 11.5 Å². The van der Waals surface area contributed by atoms with Crippen molar-refractivity contribution in [2.24, 2.45) is 0 Å². The van der Waals surface area contributed by atoms with E-state index in [1.165, 1.54) is 6.07 Å². The van der Waals surface area contributed by atoms with Crippen LogP contribution < -0.4 is 4.74 Å². The molecule has 0 spiro atoms. The zero-order chi connectivity index (χ0) is 15.6. The zero-order valence-corrected chi connectivity index (χ0v) is 12.7. The van der Waals surface area contributed by atoms with Crippen LogP contribution in [0.15, 0.2) is 42.5 Å². The second kappa shape index (κ2) is 5.56. The van der Waals surface area contributed by atoms with Crippen molar-refractivity contribution in [1.82, 2.24) is 0 Å². The molecular weight excluding hydrogens is 266 g/mol. The van der Waals surface area contributed by atoms with Gasteiger partial charge in [-0.3, -0.25) is 10.1 Å². The van der Waals surface area contributed by atoms with Crippen molar-refractivity contribution in [3.05, 3.63) is 63.7 Å². The van der Waals surface area contributed by atoms with Gasteiger partial charge in [-0.1, -0.05) is 39.0 Å². The summed E-state index contributed by atoms with van der Waals surface area (Å²) in [6.07, 6.45) is 0. The summed E-state index contributed by atoms with van der Waals surface area (Å²) >= 11 is 0. The molecule has 2 aromatic rings. The van der Waals surface area contributed by atoms with Gasteiger partial charge in [0.15, 0.2) is 0 Å². The Balaban J connectivity index is 2.35. The molecule has 21 heavy (non-hydrogen) atoms. The van der Waals surface area contributed by atoms with Gasteiger partial charge in [0.2, 0.25) is 0 Å². The van der Waals surface area contributed by atoms with E-state index in [0.29, 0.717) is 11.3 Å². The van der Waals surface area contributed by atoms with Crippen LogP contribution in [-0.2, 0) is 5.41 Å². The molecule has 0 aromatic heterocycles. The molecule has 4 heteroatoms. The van der Waals surface area contributed by atoms with Crippen LogP contribution in [0.3, 0.4) is 0 Å². The predicted molar refractivity (Wildman–Crippen MR) is 83.0 cm³/mol.